The maximum Gasteiger partial charge on any atom is 0.258 e. The summed E-state index contributed by atoms with van der Waals surface area (Å²) >= 11 is 6.25. The molecule has 0 fully saturated rings. The van der Waals surface area contributed by atoms with E-state index in [-0.39, 0.29) is 18.2 Å². The Labute approximate surface area is 190 Å². The molecule has 0 radical (unpaired) electrons. The number of ether oxygens (including phenoxy) is 2. The fraction of sp³-hybridized carbons (Fsp3) is 0.200. The average Bonchev–Trinajstić information content (AvgIpc) is 3.23. The van der Waals surface area contributed by atoms with Gasteiger partial charge in [-0.05, 0) is 60.0 Å². The van der Waals surface area contributed by atoms with E-state index in [1.807, 2.05) is 18.2 Å². The van der Waals surface area contributed by atoms with Crippen LogP contribution >= 0.6 is 11.6 Å². The normalized spacial score (nSPS) is 14.1. The van der Waals surface area contributed by atoms with E-state index in [4.69, 9.17) is 21.1 Å². The van der Waals surface area contributed by atoms with Gasteiger partial charge in [-0.3, -0.25) is 9.59 Å². The summed E-state index contributed by atoms with van der Waals surface area (Å²) in [6.45, 7) is 1.58. The quantitative estimate of drug-likeness (QED) is 0.638. The summed E-state index contributed by atoms with van der Waals surface area (Å²) in [7, 11) is 0. The smallest absolute Gasteiger partial charge is 0.258 e. The van der Waals surface area contributed by atoms with Crippen molar-refractivity contribution in [3.05, 3.63) is 82.4 Å². The molecule has 2 aliphatic rings. The molecule has 1 N–H and O–H groups in total. The highest BCUT2D eigenvalue weighted by atomic mass is 35.5. The zero-order chi connectivity index (χ0) is 22.1. The first-order chi connectivity index (χ1) is 15.6. The van der Waals surface area contributed by atoms with Crippen molar-refractivity contribution in [1.29, 1.82) is 0 Å². The van der Waals surface area contributed by atoms with Crippen LogP contribution in [0.2, 0.25) is 5.02 Å². The third-order valence-corrected chi connectivity index (χ3v) is 5.85. The number of hydrogen-bond acceptors (Lipinski definition) is 4. The van der Waals surface area contributed by atoms with E-state index in [9.17, 15) is 9.59 Å². The van der Waals surface area contributed by atoms with Crippen LogP contribution in [0.1, 0.15) is 21.5 Å². The van der Waals surface area contributed by atoms with Gasteiger partial charge in [0, 0.05) is 23.5 Å². The Kier molecular flexibility index (Phi) is 5.45. The van der Waals surface area contributed by atoms with E-state index < -0.39 is 0 Å². The van der Waals surface area contributed by atoms with Gasteiger partial charge in [0.2, 0.25) is 5.91 Å². The van der Waals surface area contributed by atoms with Crippen molar-refractivity contribution < 1.29 is 19.1 Å². The number of para-hydroxylation sites is 1. The number of fused-ring (bicyclic) bond motifs is 2. The lowest BCUT2D eigenvalue weighted by atomic mass is 10.1. The summed E-state index contributed by atoms with van der Waals surface area (Å²) in [4.78, 5) is 27.3. The number of carbonyl (C=O) groups excluding carboxylic acids is 2. The van der Waals surface area contributed by atoms with E-state index in [0.29, 0.717) is 47.5 Å². The van der Waals surface area contributed by atoms with Gasteiger partial charge in [0.15, 0.2) is 11.5 Å². The molecule has 0 bridgehead atoms. The van der Waals surface area contributed by atoms with E-state index >= 15 is 0 Å². The Morgan fingerprint density at radius 3 is 2.62 bits per heavy atom. The molecular formula is C25H21ClN2O4. The minimum Gasteiger partial charge on any atom is -0.486 e. The maximum absolute atomic E-state index is 12.9. The number of halogens is 1. The zero-order valence-electron chi connectivity index (χ0n) is 17.3. The lowest BCUT2D eigenvalue weighted by Crippen LogP contribution is -2.28. The van der Waals surface area contributed by atoms with Crippen LogP contribution in [0.25, 0.3) is 0 Å². The molecule has 0 atom stereocenters. The van der Waals surface area contributed by atoms with Crippen LogP contribution in [0.15, 0.2) is 60.7 Å². The number of anilines is 2. The number of carbonyl (C=O) groups is 2. The molecule has 162 valence electrons. The Balaban J connectivity index is 1.24. The van der Waals surface area contributed by atoms with Crippen LogP contribution in [-0.4, -0.2) is 31.6 Å². The maximum atomic E-state index is 12.9. The standard InChI is InChI=1S/C25H21ClN2O4/c26-20-13-16(14-22-24(20)32-12-11-31-22)15-23(29)27-19-7-5-18(6-8-19)25(30)28-10-9-17-3-1-2-4-21(17)28/h1-8,13-14H,9-12,15H2,(H,27,29). The zero-order valence-corrected chi connectivity index (χ0v) is 18.0. The molecule has 6 nitrogen and oxygen atoms in total. The molecule has 3 aromatic rings. The summed E-state index contributed by atoms with van der Waals surface area (Å²) in [5.41, 5.74) is 4.09. The molecule has 0 unspecified atom stereocenters. The summed E-state index contributed by atoms with van der Waals surface area (Å²) < 4.78 is 11.1. The van der Waals surface area contributed by atoms with Gasteiger partial charge in [-0.2, -0.15) is 0 Å². The summed E-state index contributed by atoms with van der Waals surface area (Å²) in [5, 5.41) is 3.29. The molecule has 0 spiro atoms. The van der Waals surface area contributed by atoms with Gasteiger partial charge in [-0.1, -0.05) is 29.8 Å². The minimum atomic E-state index is -0.190. The predicted octanol–water partition coefficient (Wildman–Crippen LogP) is 4.50. The highest BCUT2D eigenvalue weighted by Crippen LogP contribution is 2.38. The summed E-state index contributed by atoms with van der Waals surface area (Å²) in [6, 6.07) is 18.4. The fourth-order valence-electron chi connectivity index (χ4n) is 4.06. The van der Waals surface area contributed by atoms with E-state index in [1.165, 1.54) is 5.56 Å². The lowest BCUT2D eigenvalue weighted by Gasteiger charge is -2.20. The first-order valence-electron chi connectivity index (χ1n) is 10.5. The highest BCUT2D eigenvalue weighted by molar-refractivity contribution is 6.32. The first kappa shape index (κ1) is 20.4. The van der Waals surface area contributed by atoms with Gasteiger partial charge < -0.3 is 19.7 Å². The first-order valence-corrected chi connectivity index (χ1v) is 10.8. The number of benzene rings is 3. The van der Waals surface area contributed by atoms with Crippen molar-refractivity contribution in [2.45, 2.75) is 12.8 Å². The third kappa shape index (κ3) is 4.01. The van der Waals surface area contributed by atoms with Crippen LogP contribution in [-0.2, 0) is 17.6 Å². The number of nitrogens with one attached hydrogen (secondary N) is 1. The van der Waals surface area contributed by atoms with Crippen molar-refractivity contribution >= 4 is 34.8 Å². The largest absolute Gasteiger partial charge is 0.486 e. The second kappa shape index (κ2) is 8.55. The molecular weight excluding hydrogens is 428 g/mol. The number of nitrogens with zero attached hydrogens (tertiary/aromatic N) is 1. The Hall–Kier alpha value is -3.51. The lowest BCUT2D eigenvalue weighted by molar-refractivity contribution is -0.115. The molecule has 0 saturated heterocycles. The number of amides is 2. The van der Waals surface area contributed by atoms with Gasteiger partial charge in [0.05, 0.1) is 11.4 Å². The van der Waals surface area contributed by atoms with Crippen molar-refractivity contribution in [2.75, 3.05) is 30.0 Å². The van der Waals surface area contributed by atoms with Crippen LogP contribution in [0, 0.1) is 0 Å². The van der Waals surface area contributed by atoms with Crippen molar-refractivity contribution in [1.82, 2.24) is 0 Å². The van der Waals surface area contributed by atoms with Crippen molar-refractivity contribution in [3.63, 3.8) is 0 Å². The third-order valence-electron chi connectivity index (χ3n) is 5.57. The highest BCUT2D eigenvalue weighted by Gasteiger charge is 2.25. The van der Waals surface area contributed by atoms with E-state index in [0.717, 1.165) is 17.7 Å². The molecule has 0 saturated carbocycles. The molecule has 5 rings (SSSR count). The van der Waals surface area contributed by atoms with Gasteiger partial charge in [0.1, 0.15) is 13.2 Å². The second-order valence-electron chi connectivity index (χ2n) is 7.74. The van der Waals surface area contributed by atoms with Gasteiger partial charge in [-0.25, -0.2) is 0 Å². The number of hydrogen-bond donors (Lipinski definition) is 1. The molecule has 32 heavy (non-hydrogen) atoms. The number of rotatable bonds is 4. The summed E-state index contributed by atoms with van der Waals surface area (Å²) in [5.74, 6) is 0.838. The van der Waals surface area contributed by atoms with Crippen molar-refractivity contribution in [3.8, 4) is 11.5 Å². The topological polar surface area (TPSA) is 67.9 Å². The Morgan fingerprint density at radius 1 is 1.00 bits per heavy atom. The average molecular weight is 449 g/mol. The fourth-order valence-corrected chi connectivity index (χ4v) is 4.35. The van der Waals surface area contributed by atoms with Crippen LogP contribution in [0.4, 0.5) is 11.4 Å². The summed E-state index contributed by atoms with van der Waals surface area (Å²) in [6.07, 6.45) is 1.00. The Bertz CT molecular complexity index is 1190. The monoisotopic (exact) mass is 448 g/mol. The van der Waals surface area contributed by atoms with Crippen LogP contribution < -0.4 is 19.7 Å². The van der Waals surface area contributed by atoms with E-state index in [1.54, 1.807) is 41.3 Å². The van der Waals surface area contributed by atoms with Gasteiger partial charge in [-0.15, -0.1) is 0 Å². The molecule has 2 aliphatic heterocycles. The van der Waals surface area contributed by atoms with Gasteiger partial charge >= 0.3 is 0 Å². The molecule has 2 amide bonds. The van der Waals surface area contributed by atoms with E-state index in [2.05, 4.69) is 11.4 Å². The second-order valence-corrected chi connectivity index (χ2v) is 8.15. The predicted molar refractivity (Wildman–Crippen MR) is 123 cm³/mol. The Morgan fingerprint density at radius 2 is 1.78 bits per heavy atom. The SMILES string of the molecule is O=C(Cc1cc(Cl)c2c(c1)OCCO2)Nc1ccc(C(=O)N2CCc3ccccc32)cc1. The molecule has 0 aliphatic carbocycles. The van der Waals surface area contributed by atoms with Gasteiger partial charge in [0.25, 0.3) is 5.91 Å². The van der Waals surface area contributed by atoms with Crippen LogP contribution in [0.3, 0.4) is 0 Å². The molecule has 0 aromatic heterocycles. The van der Waals surface area contributed by atoms with Crippen LogP contribution in [0.5, 0.6) is 11.5 Å². The molecule has 7 heteroatoms. The minimum absolute atomic E-state index is 0.0428. The molecule has 3 aromatic carbocycles. The molecule has 2 heterocycles. The van der Waals surface area contributed by atoms with Crippen molar-refractivity contribution in [2.24, 2.45) is 0 Å².